The van der Waals surface area contributed by atoms with Crippen LogP contribution in [0.1, 0.15) is 11.3 Å². The number of hydrogen-bond acceptors (Lipinski definition) is 7. The molecule has 0 unspecified atom stereocenters. The second-order valence-electron chi connectivity index (χ2n) is 8.12. The Hall–Kier alpha value is -3.14. The molecule has 3 heterocycles. The van der Waals surface area contributed by atoms with Crippen LogP contribution >= 0.6 is 30.8 Å². The third-order valence-corrected chi connectivity index (χ3v) is 7.21. The van der Waals surface area contributed by atoms with Gasteiger partial charge in [0.2, 0.25) is 5.71 Å². The summed E-state index contributed by atoms with van der Waals surface area (Å²) in [7, 11) is -1.81. The highest BCUT2D eigenvalue weighted by molar-refractivity contribution is 7.46. The first-order chi connectivity index (χ1) is 18.1. The topological polar surface area (TPSA) is 150 Å². The van der Waals surface area contributed by atoms with Gasteiger partial charge in [-0.2, -0.15) is 4.99 Å². The van der Waals surface area contributed by atoms with E-state index in [1.165, 1.54) is 27.9 Å². The van der Waals surface area contributed by atoms with Gasteiger partial charge in [0, 0.05) is 30.6 Å². The highest BCUT2D eigenvalue weighted by Crippen LogP contribution is 2.37. The summed E-state index contributed by atoms with van der Waals surface area (Å²) < 4.78 is 67.1. The van der Waals surface area contributed by atoms with E-state index in [4.69, 9.17) is 16.0 Å². The van der Waals surface area contributed by atoms with Crippen molar-refractivity contribution in [1.82, 2.24) is 13.9 Å². The Balaban J connectivity index is 1.74. The zero-order chi connectivity index (χ0) is 28.9. The van der Waals surface area contributed by atoms with Crippen LogP contribution in [0.15, 0.2) is 37.8 Å². The first-order valence-electron chi connectivity index (χ1n) is 10.7. The number of alkyl halides is 3. The summed E-state index contributed by atoms with van der Waals surface area (Å²) in [5.74, 6) is -1.02. The monoisotopic (exact) mass is 610 g/mol. The van der Waals surface area contributed by atoms with Gasteiger partial charge in [-0.1, -0.05) is 11.6 Å². The van der Waals surface area contributed by atoms with E-state index in [0.717, 1.165) is 28.0 Å². The largest absolute Gasteiger partial charge is 0.573 e. The minimum Gasteiger partial charge on any atom is -0.443 e. The van der Waals surface area contributed by atoms with Gasteiger partial charge < -0.3 is 18.9 Å². The average molecular weight is 611 g/mol. The molecule has 2 N–H and O–H groups in total. The lowest BCUT2D eigenvalue weighted by atomic mass is 10.1. The molecule has 0 fully saturated rings. The van der Waals surface area contributed by atoms with E-state index in [1.54, 1.807) is 14.0 Å². The molecule has 4 aromatic rings. The Kier molecular flexibility index (Phi) is 7.73. The molecule has 0 aliphatic rings. The van der Waals surface area contributed by atoms with Gasteiger partial charge in [0.15, 0.2) is 4.80 Å². The predicted octanol–water partition coefficient (Wildman–Crippen LogP) is 3.60. The maximum Gasteiger partial charge on any atom is 0.573 e. The summed E-state index contributed by atoms with van der Waals surface area (Å²) in [5.41, 5.74) is 0.641. The number of furan rings is 1. The van der Waals surface area contributed by atoms with Crippen molar-refractivity contribution < 1.29 is 46.0 Å². The van der Waals surface area contributed by atoms with Crippen molar-refractivity contribution in [2.75, 3.05) is 0 Å². The van der Waals surface area contributed by atoms with Crippen molar-refractivity contribution in [1.29, 1.82) is 0 Å². The number of aryl methyl sites for hydroxylation is 2. The number of amides is 1. The molecule has 0 radical (unpaired) electrons. The molecular weight excluding hydrogens is 592 g/mol. The summed E-state index contributed by atoms with van der Waals surface area (Å²) in [6, 6.07) is 3.33. The number of nitrogens with zero attached hydrogens (tertiary/aromatic N) is 4. The number of halogens is 4. The number of ether oxygens (including phenoxy) is 1. The first-order valence-corrected chi connectivity index (χ1v) is 13.5. The van der Waals surface area contributed by atoms with Crippen LogP contribution < -0.4 is 15.1 Å². The summed E-state index contributed by atoms with van der Waals surface area (Å²) in [4.78, 5) is 47.9. The van der Waals surface area contributed by atoms with Crippen LogP contribution in [0, 0.1) is 6.92 Å². The van der Waals surface area contributed by atoms with Gasteiger partial charge in [-0.3, -0.25) is 28.0 Å². The molecule has 0 aliphatic carbocycles. The van der Waals surface area contributed by atoms with Crippen LogP contribution in [0.2, 0.25) is 5.02 Å². The van der Waals surface area contributed by atoms with Gasteiger partial charge in [0.05, 0.1) is 17.1 Å². The fraction of sp³-hybridized carbons (Fsp3) is 0.286. The molecular formula is C21H19ClF3N4O8PS. The predicted molar refractivity (Wildman–Crippen MR) is 132 cm³/mol. The molecule has 0 saturated heterocycles. The molecule has 0 spiro atoms. The second kappa shape index (κ2) is 10.4. The quantitative estimate of drug-likeness (QED) is 0.301. The number of carbonyl (C=O) groups excluding carboxylic acids is 1. The normalized spacial score (nSPS) is 13.0. The lowest BCUT2D eigenvalue weighted by Gasteiger charge is -2.13. The number of benzene rings is 1. The smallest absolute Gasteiger partial charge is 0.443 e. The van der Waals surface area contributed by atoms with E-state index >= 15 is 0 Å². The van der Waals surface area contributed by atoms with E-state index in [9.17, 15) is 37.1 Å². The molecule has 12 nitrogen and oxygen atoms in total. The van der Waals surface area contributed by atoms with Gasteiger partial charge in [-0.05, 0) is 25.1 Å². The van der Waals surface area contributed by atoms with Crippen LogP contribution in [0.4, 0.5) is 13.2 Å². The number of aromatic nitrogens is 3. The summed E-state index contributed by atoms with van der Waals surface area (Å²) in [6.07, 6.45) is -5.29. The van der Waals surface area contributed by atoms with Crippen molar-refractivity contribution >= 4 is 47.8 Å². The van der Waals surface area contributed by atoms with E-state index in [-0.39, 0.29) is 39.1 Å². The lowest BCUT2D eigenvalue weighted by Crippen LogP contribution is -2.20. The Morgan fingerprint density at radius 1 is 1.26 bits per heavy atom. The molecule has 4 rings (SSSR count). The fourth-order valence-electron chi connectivity index (χ4n) is 3.73. The summed E-state index contributed by atoms with van der Waals surface area (Å²) in [6.45, 7) is 0.830. The third-order valence-electron chi connectivity index (χ3n) is 5.60. The zero-order valence-corrected chi connectivity index (χ0v) is 22.7. The molecule has 39 heavy (non-hydrogen) atoms. The van der Waals surface area contributed by atoms with Gasteiger partial charge >= 0.3 is 14.2 Å². The van der Waals surface area contributed by atoms with E-state index in [0.29, 0.717) is 11.3 Å². The van der Waals surface area contributed by atoms with Gasteiger partial charge in [-0.25, -0.2) is 4.57 Å². The number of fused-ring (bicyclic) bond motifs is 1. The van der Waals surface area contributed by atoms with Crippen LogP contribution in [0.25, 0.3) is 22.4 Å². The summed E-state index contributed by atoms with van der Waals surface area (Å²) >= 11 is 6.84. The number of phosphoric ester groups is 1. The first kappa shape index (κ1) is 28.9. The van der Waals surface area contributed by atoms with Crippen LogP contribution in [0.3, 0.4) is 0 Å². The minimum atomic E-state index is -4.97. The molecule has 0 bridgehead atoms. The Morgan fingerprint density at radius 2 is 1.95 bits per heavy atom. The Bertz CT molecular complexity index is 1760. The number of hydrogen-bond donors (Lipinski definition) is 2. The maximum atomic E-state index is 12.9. The highest BCUT2D eigenvalue weighted by atomic mass is 35.5. The van der Waals surface area contributed by atoms with Gasteiger partial charge in [0.25, 0.3) is 11.5 Å². The Morgan fingerprint density at radius 3 is 2.56 bits per heavy atom. The molecule has 210 valence electrons. The van der Waals surface area contributed by atoms with Gasteiger partial charge in [-0.15, -0.1) is 24.5 Å². The summed E-state index contributed by atoms with van der Waals surface area (Å²) in [5, 5.41) is 1.28. The van der Waals surface area contributed by atoms with Crippen LogP contribution in [0.5, 0.6) is 5.75 Å². The fourth-order valence-corrected chi connectivity index (χ4v) is 5.13. The standard InChI is InChI=1S/C21H19ClF3N4O8PS/c1-10-12(17-18(31)27(2)28(3)19(17)36-10)7-16(30)26-20-29(9-35-38(32,33)34)14(8-39-20)11-4-5-15(13(22)6-11)37-21(23,24)25/h4-6,8H,7,9H2,1-3H3,(H2,32,33,34)/b26-20-. The molecule has 18 heteroatoms. The molecule has 3 aromatic heterocycles. The van der Waals surface area contributed by atoms with Crippen molar-refractivity contribution in [3.63, 3.8) is 0 Å². The molecule has 0 saturated carbocycles. The Labute approximate surface area is 225 Å². The average Bonchev–Trinajstić information content (AvgIpc) is 3.42. The molecule has 1 aromatic carbocycles. The van der Waals surface area contributed by atoms with Crippen LogP contribution in [-0.4, -0.2) is 36.0 Å². The third kappa shape index (κ3) is 6.21. The molecule has 0 atom stereocenters. The number of thiazole rings is 1. The molecule has 1 amide bonds. The SMILES string of the molecule is Cc1oc2c(c1CC(=O)/N=c1\scc(-c3ccc(OC(F)(F)F)c(Cl)c3)n1COP(=O)(O)O)c(=O)n(C)n2C. The maximum absolute atomic E-state index is 12.9. The van der Waals surface area contributed by atoms with Crippen molar-refractivity contribution in [3.8, 4) is 17.0 Å². The van der Waals surface area contributed by atoms with E-state index in [2.05, 4.69) is 14.3 Å². The van der Waals surface area contributed by atoms with Crippen molar-refractivity contribution in [2.24, 2.45) is 19.1 Å². The molecule has 0 aliphatic heterocycles. The van der Waals surface area contributed by atoms with E-state index in [1.807, 2.05) is 0 Å². The van der Waals surface area contributed by atoms with E-state index < -0.39 is 37.6 Å². The second-order valence-corrected chi connectivity index (χ2v) is 10.6. The lowest BCUT2D eigenvalue weighted by molar-refractivity contribution is -0.274. The number of phosphoric acid groups is 1. The van der Waals surface area contributed by atoms with Gasteiger partial charge in [0.1, 0.15) is 23.6 Å². The van der Waals surface area contributed by atoms with Crippen molar-refractivity contribution in [3.05, 3.63) is 55.1 Å². The van der Waals surface area contributed by atoms with Crippen molar-refractivity contribution in [2.45, 2.75) is 26.4 Å². The number of carbonyl (C=O) groups is 1. The van der Waals surface area contributed by atoms with Crippen LogP contribution in [-0.2, 0) is 41.1 Å². The highest BCUT2D eigenvalue weighted by Gasteiger charge is 2.32. The number of rotatable bonds is 7. The zero-order valence-electron chi connectivity index (χ0n) is 20.2. The minimum absolute atomic E-state index is 0.0476.